The third kappa shape index (κ3) is 1.14. The molecule has 0 fully saturated rings. The summed E-state index contributed by atoms with van der Waals surface area (Å²) in [6, 6.07) is 0. The van der Waals surface area contributed by atoms with Gasteiger partial charge in [-0.1, -0.05) is 5.16 Å². The number of carbonyl (C=O) groups excluding carboxylic acids is 1. The summed E-state index contributed by atoms with van der Waals surface area (Å²) in [4.78, 5) is 21.4. The van der Waals surface area contributed by atoms with E-state index >= 15 is 0 Å². The maximum Gasteiger partial charge on any atom is 0.451 e. The Labute approximate surface area is 61.4 Å². The summed E-state index contributed by atoms with van der Waals surface area (Å²) in [6.07, 6.45) is -0.797. The first-order valence-corrected chi connectivity index (χ1v) is 2.80. The van der Waals surface area contributed by atoms with E-state index in [1.807, 2.05) is 0 Å². The highest BCUT2D eigenvalue weighted by Crippen LogP contribution is 1.89. The first-order valence-electron chi connectivity index (χ1n) is 2.80. The molecule has 0 bridgehead atoms. The largest absolute Gasteiger partial charge is 0.452 e. The quantitative estimate of drug-likeness (QED) is 0.520. The van der Waals surface area contributed by atoms with Gasteiger partial charge in [-0.2, -0.15) is 4.57 Å². The van der Waals surface area contributed by atoms with E-state index in [-0.39, 0.29) is 5.82 Å². The Hall–Kier alpha value is -1.59. The van der Waals surface area contributed by atoms with Crippen molar-refractivity contribution in [3.63, 3.8) is 0 Å². The molecule has 0 aromatic carbocycles. The number of aryl methyl sites for hydroxylation is 1. The van der Waals surface area contributed by atoms with Gasteiger partial charge in [-0.25, -0.2) is 9.59 Å². The molecule has 0 spiro atoms. The van der Waals surface area contributed by atoms with Gasteiger partial charge in [0.1, 0.15) is 0 Å². The molecule has 0 saturated carbocycles. The molecule has 1 aromatic rings. The fourth-order valence-electron chi connectivity index (χ4n) is 0.617. The molecule has 0 aliphatic carbocycles. The lowest BCUT2D eigenvalue weighted by molar-refractivity contribution is 0.170. The zero-order valence-electron chi connectivity index (χ0n) is 6.03. The fourth-order valence-corrected chi connectivity index (χ4v) is 0.617. The van der Waals surface area contributed by atoms with Crippen molar-refractivity contribution < 1.29 is 14.1 Å². The summed E-state index contributed by atoms with van der Waals surface area (Å²) in [6.45, 7) is 1.46. The van der Waals surface area contributed by atoms with Gasteiger partial charge in [0.05, 0.1) is 7.11 Å². The minimum absolute atomic E-state index is 0.168. The smallest absolute Gasteiger partial charge is 0.451 e. The number of methoxy groups -OCH3 is 1. The third-order valence-electron chi connectivity index (χ3n) is 1.12. The second kappa shape index (κ2) is 2.57. The van der Waals surface area contributed by atoms with Crippen molar-refractivity contribution in [3.05, 3.63) is 16.4 Å². The van der Waals surface area contributed by atoms with Crippen molar-refractivity contribution in [2.45, 2.75) is 6.92 Å². The van der Waals surface area contributed by atoms with E-state index in [0.717, 1.165) is 0 Å². The highest BCUT2D eigenvalue weighted by Gasteiger charge is 2.13. The first-order chi connectivity index (χ1) is 5.16. The fraction of sp³-hybridized carbons (Fsp3) is 0.400. The van der Waals surface area contributed by atoms with Crippen LogP contribution in [0, 0.1) is 6.92 Å². The van der Waals surface area contributed by atoms with Gasteiger partial charge < -0.3 is 4.74 Å². The second-order valence-electron chi connectivity index (χ2n) is 1.80. The van der Waals surface area contributed by atoms with E-state index in [0.29, 0.717) is 4.57 Å². The van der Waals surface area contributed by atoms with Crippen molar-refractivity contribution in [2.24, 2.45) is 0 Å². The van der Waals surface area contributed by atoms with Crippen LogP contribution in [0.4, 0.5) is 4.79 Å². The number of nitrogens with zero attached hydrogens (tertiary/aromatic N) is 2. The molecule has 0 atom stereocenters. The summed E-state index contributed by atoms with van der Waals surface area (Å²) >= 11 is 0. The molecule has 0 aliphatic heterocycles. The molecule has 0 saturated heterocycles. The first kappa shape index (κ1) is 7.52. The minimum Gasteiger partial charge on any atom is -0.452 e. The molecule has 1 heterocycles. The predicted molar refractivity (Wildman–Crippen MR) is 33.3 cm³/mol. The molecule has 0 unspecified atom stereocenters. The van der Waals surface area contributed by atoms with Crippen LogP contribution in [0.15, 0.2) is 9.32 Å². The van der Waals surface area contributed by atoms with Crippen LogP contribution < -0.4 is 5.76 Å². The zero-order valence-corrected chi connectivity index (χ0v) is 6.03. The molecular formula is C5H6N2O4. The molecule has 1 rings (SSSR count). The van der Waals surface area contributed by atoms with Gasteiger partial charge in [0.2, 0.25) is 0 Å². The number of hydrogen-bond donors (Lipinski definition) is 0. The number of rotatable bonds is 0. The summed E-state index contributed by atoms with van der Waals surface area (Å²) in [5, 5.41) is 3.26. The van der Waals surface area contributed by atoms with Crippen molar-refractivity contribution in [2.75, 3.05) is 7.11 Å². The average molecular weight is 158 g/mol. The van der Waals surface area contributed by atoms with Gasteiger partial charge in [0.15, 0.2) is 5.82 Å². The number of ether oxygens (including phenoxy) is 1. The Balaban J connectivity index is 3.21. The van der Waals surface area contributed by atoms with Crippen LogP contribution in [-0.2, 0) is 4.74 Å². The molecule has 0 N–H and O–H groups in total. The maximum absolute atomic E-state index is 10.8. The zero-order chi connectivity index (χ0) is 8.43. The standard InChI is InChI=1S/C5H6N2O4/c1-3-6-11-5(9)7(3)4(8)10-2/h1-2H3. The Morgan fingerprint density at radius 1 is 1.73 bits per heavy atom. The van der Waals surface area contributed by atoms with E-state index in [9.17, 15) is 9.59 Å². The van der Waals surface area contributed by atoms with E-state index in [4.69, 9.17) is 0 Å². The highest BCUT2D eigenvalue weighted by atomic mass is 16.6. The minimum atomic E-state index is -0.839. The normalized spacial score (nSPS) is 9.64. The summed E-state index contributed by atoms with van der Waals surface area (Å²) in [5.41, 5.74) is 0. The van der Waals surface area contributed by atoms with Crippen LogP contribution in [0.25, 0.3) is 0 Å². The number of aromatic nitrogens is 2. The molecule has 0 radical (unpaired) electrons. The van der Waals surface area contributed by atoms with E-state index in [1.165, 1.54) is 14.0 Å². The Bertz CT molecular complexity index is 323. The van der Waals surface area contributed by atoms with Gasteiger partial charge in [0, 0.05) is 0 Å². The van der Waals surface area contributed by atoms with E-state index in [1.54, 1.807) is 0 Å². The Morgan fingerprint density at radius 2 is 2.36 bits per heavy atom. The van der Waals surface area contributed by atoms with Crippen molar-refractivity contribution in [3.8, 4) is 0 Å². The van der Waals surface area contributed by atoms with Crippen LogP contribution in [0.5, 0.6) is 0 Å². The molecule has 11 heavy (non-hydrogen) atoms. The van der Waals surface area contributed by atoms with Crippen LogP contribution in [0.2, 0.25) is 0 Å². The van der Waals surface area contributed by atoms with Crippen molar-refractivity contribution >= 4 is 6.09 Å². The van der Waals surface area contributed by atoms with E-state index < -0.39 is 11.8 Å². The lowest BCUT2D eigenvalue weighted by Gasteiger charge is -1.95. The van der Waals surface area contributed by atoms with Crippen molar-refractivity contribution in [1.82, 2.24) is 9.72 Å². The van der Waals surface area contributed by atoms with Crippen LogP contribution >= 0.6 is 0 Å². The summed E-state index contributed by atoms with van der Waals surface area (Å²) < 4.78 is 9.15. The van der Waals surface area contributed by atoms with Crippen LogP contribution in [-0.4, -0.2) is 22.9 Å². The summed E-state index contributed by atoms with van der Waals surface area (Å²) in [7, 11) is 1.17. The number of carbonyl (C=O) groups is 1. The predicted octanol–water partition coefficient (Wildman–Crippen LogP) is -0.241. The summed E-state index contributed by atoms with van der Waals surface area (Å²) in [5.74, 6) is -0.670. The molecule has 0 aliphatic rings. The topological polar surface area (TPSA) is 74.3 Å². The lowest BCUT2D eigenvalue weighted by Crippen LogP contribution is -2.24. The van der Waals surface area contributed by atoms with Gasteiger partial charge in [-0.05, 0) is 6.92 Å². The molecule has 1 aromatic heterocycles. The monoisotopic (exact) mass is 158 g/mol. The van der Waals surface area contributed by atoms with Gasteiger partial charge in [-0.15, -0.1) is 0 Å². The Kier molecular flexibility index (Phi) is 1.75. The van der Waals surface area contributed by atoms with Crippen LogP contribution in [0.1, 0.15) is 5.82 Å². The molecule has 60 valence electrons. The molecule has 6 nitrogen and oxygen atoms in total. The Morgan fingerprint density at radius 3 is 2.73 bits per heavy atom. The van der Waals surface area contributed by atoms with E-state index in [2.05, 4.69) is 14.4 Å². The molecular weight excluding hydrogens is 152 g/mol. The van der Waals surface area contributed by atoms with Crippen molar-refractivity contribution in [1.29, 1.82) is 0 Å². The highest BCUT2D eigenvalue weighted by molar-refractivity contribution is 5.70. The second-order valence-corrected chi connectivity index (χ2v) is 1.80. The van der Waals surface area contributed by atoms with Gasteiger partial charge in [-0.3, -0.25) is 4.52 Å². The third-order valence-corrected chi connectivity index (χ3v) is 1.12. The van der Waals surface area contributed by atoms with Gasteiger partial charge in [0.25, 0.3) is 0 Å². The lowest BCUT2D eigenvalue weighted by atomic mass is 10.7. The SMILES string of the molecule is COC(=O)n1c(C)noc1=O. The maximum atomic E-state index is 10.8. The number of hydrogen-bond acceptors (Lipinski definition) is 5. The van der Waals surface area contributed by atoms with Crippen LogP contribution in [0.3, 0.4) is 0 Å². The molecule has 0 amide bonds. The molecule has 6 heteroatoms. The average Bonchev–Trinajstić information content (AvgIpc) is 2.30. The van der Waals surface area contributed by atoms with Gasteiger partial charge >= 0.3 is 11.8 Å².